The second-order valence-corrected chi connectivity index (χ2v) is 9.55. The van der Waals surface area contributed by atoms with Crippen LogP contribution < -0.4 is 4.74 Å². The molecule has 5 nitrogen and oxygen atoms in total. The van der Waals surface area contributed by atoms with Crippen molar-refractivity contribution in [2.75, 3.05) is 20.7 Å². The van der Waals surface area contributed by atoms with Gasteiger partial charge >= 0.3 is 0 Å². The van der Waals surface area contributed by atoms with Crippen molar-refractivity contribution in [1.82, 2.24) is 4.90 Å². The van der Waals surface area contributed by atoms with E-state index in [-0.39, 0.29) is 34.4 Å². The zero-order valence-electron chi connectivity index (χ0n) is 16.2. The van der Waals surface area contributed by atoms with Crippen molar-refractivity contribution < 1.29 is 19.4 Å². The number of ketones is 1. The fourth-order valence-corrected chi connectivity index (χ4v) is 8.15. The summed E-state index contributed by atoms with van der Waals surface area (Å²) in [4.78, 5) is 15.3. The van der Waals surface area contributed by atoms with Crippen molar-refractivity contribution in [3.63, 3.8) is 0 Å². The molecular formula is C22H27NO4. The first-order valence-corrected chi connectivity index (χ1v) is 10.2. The molecule has 4 bridgehead atoms. The topological polar surface area (TPSA) is 59.0 Å². The number of likely N-dealkylation sites (tertiary alicyclic amines) is 1. The van der Waals surface area contributed by atoms with Gasteiger partial charge in [-0.15, -0.1) is 0 Å². The highest BCUT2D eigenvalue weighted by Crippen LogP contribution is 2.76. The predicted octanol–water partition coefficient (Wildman–Crippen LogP) is 2.43. The molecule has 144 valence electrons. The van der Waals surface area contributed by atoms with E-state index in [9.17, 15) is 9.90 Å². The summed E-state index contributed by atoms with van der Waals surface area (Å²) < 4.78 is 12.8. The van der Waals surface area contributed by atoms with Crippen molar-refractivity contribution in [2.24, 2.45) is 11.3 Å². The third-order valence-electron chi connectivity index (χ3n) is 9.12. The van der Waals surface area contributed by atoms with E-state index in [4.69, 9.17) is 9.47 Å². The highest BCUT2D eigenvalue weighted by atomic mass is 16.6. The fourth-order valence-electron chi connectivity index (χ4n) is 8.15. The Morgan fingerprint density at radius 1 is 1.33 bits per heavy atom. The maximum absolute atomic E-state index is 12.8. The van der Waals surface area contributed by atoms with E-state index in [1.807, 2.05) is 0 Å². The molecule has 2 heterocycles. The molecule has 27 heavy (non-hydrogen) atoms. The summed E-state index contributed by atoms with van der Waals surface area (Å²) in [6.07, 6.45) is 4.58. The van der Waals surface area contributed by atoms with Crippen LogP contribution in [0, 0.1) is 11.3 Å². The van der Waals surface area contributed by atoms with E-state index in [0.717, 1.165) is 38.6 Å². The van der Waals surface area contributed by atoms with Crippen LogP contribution in [0.2, 0.25) is 0 Å². The molecule has 3 saturated carbocycles. The number of Topliss-reactive ketones (excluding diaryl/α,β-unsaturated/α-hetero) is 1. The Kier molecular flexibility index (Phi) is 2.84. The first-order valence-electron chi connectivity index (χ1n) is 10.2. The Morgan fingerprint density at radius 2 is 2.15 bits per heavy atom. The lowest BCUT2D eigenvalue weighted by molar-refractivity contribution is -0.270. The minimum absolute atomic E-state index is 0.0212. The van der Waals surface area contributed by atoms with Crippen LogP contribution in [0.3, 0.4) is 0 Å². The minimum atomic E-state index is -0.589. The molecule has 6 atom stereocenters. The maximum Gasteiger partial charge on any atom is 0.165 e. The summed E-state index contributed by atoms with van der Waals surface area (Å²) in [7, 11) is 3.98. The number of phenols is 1. The van der Waals surface area contributed by atoms with E-state index < -0.39 is 5.60 Å². The largest absolute Gasteiger partial charge is 0.504 e. The van der Waals surface area contributed by atoms with Crippen molar-refractivity contribution >= 4 is 5.78 Å². The summed E-state index contributed by atoms with van der Waals surface area (Å²) >= 11 is 0. The fraction of sp³-hybridized carbons (Fsp3) is 0.682. The second kappa shape index (κ2) is 4.69. The zero-order valence-corrected chi connectivity index (χ0v) is 16.2. The van der Waals surface area contributed by atoms with Gasteiger partial charge in [0.25, 0.3) is 0 Å². The number of benzene rings is 1. The van der Waals surface area contributed by atoms with Crippen molar-refractivity contribution in [3.05, 3.63) is 23.3 Å². The van der Waals surface area contributed by atoms with Crippen LogP contribution >= 0.6 is 0 Å². The lowest BCUT2D eigenvalue weighted by Crippen LogP contribution is -2.81. The molecule has 4 aliphatic carbocycles. The molecule has 1 aromatic rings. The van der Waals surface area contributed by atoms with E-state index >= 15 is 0 Å². The predicted molar refractivity (Wildman–Crippen MR) is 99.1 cm³/mol. The number of nitrogens with zero attached hydrogens (tertiary/aromatic N) is 1. The summed E-state index contributed by atoms with van der Waals surface area (Å²) in [6, 6.07) is 4.28. The van der Waals surface area contributed by atoms with Crippen LogP contribution in [-0.4, -0.2) is 54.2 Å². The summed E-state index contributed by atoms with van der Waals surface area (Å²) in [5.41, 5.74) is 1.83. The van der Waals surface area contributed by atoms with Gasteiger partial charge < -0.3 is 19.5 Å². The summed E-state index contributed by atoms with van der Waals surface area (Å²) in [5.74, 6) is 0.968. The Bertz CT molecular complexity index is 883. The standard InChI is InChI=1S/C22H27NO4/c1-12(24)14-11-20-6-7-22(14,26-3)19-21(20)8-9-23(2)16(20)10-13-4-5-15(25)18(27-19)17(13)21/h4-5,14,16,19,25H,6-11H2,1-3H3/t14?,16-,19-,20-,21+,22-/m1/s1. The number of fused-ring (bicyclic) bond motifs is 2. The quantitative estimate of drug-likeness (QED) is 0.868. The smallest absolute Gasteiger partial charge is 0.165 e. The van der Waals surface area contributed by atoms with Gasteiger partial charge in [0, 0.05) is 29.5 Å². The third-order valence-corrected chi connectivity index (χ3v) is 9.12. The summed E-state index contributed by atoms with van der Waals surface area (Å²) in [6.45, 7) is 2.73. The Morgan fingerprint density at radius 3 is 2.89 bits per heavy atom. The number of carbonyl (C=O) groups is 1. The van der Waals surface area contributed by atoms with Crippen molar-refractivity contribution in [1.29, 1.82) is 0 Å². The van der Waals surface area contributed by atoms with E-state index in [2.05, 4.69) is 18.0 Å². The van der Waals surface area contributed by atoms with Crippen LogP contribution in [0.5, 0.6) is 11.5 Å². The molecule has 0 amide bonds. The molecule has 4 fully saturated rings. The van der Waals surface area contributed by atoms with Crippen molar-refractivity contribution in [3.8, 4) is 11.5 Å². The van der Waals surface area contributed by atoms with Crippen molar-refractivity contribution in [2.45, 2.75) is 62.2 Å². The minimum Gasteiger partial charge on any atom is -0.504 e. The molecule has 1 aromatic carbocycles. The van der Waals surface area contributed by atoms with E-state index in [1.165, 1.54) is 11.1 Å². The van der Waals surface area contributed by atoms with Gasteiger partial charge in [-0.05, 0) is 64.3 Å². The lowest BCUT2D eigenvalue weighted by atomic mass is 9.34. The number of phenolic OH excluding ortho intramolecular Hbond substituents is 1. The highest BCUT2D eigenvalue weighted by molar-refractivity contribution is 5.81. The van der Waals surface area contributed by atoms with Crippen LogP contribution in [0.4, 0.5) is 0 Å². The second-order valence-electron chi connectivity index (χ2n) is 9.55. The maximum atomic E-state index is 12.8. The average molecular weight is 369 g/mol. The number of likely N-dealkylation sites (N-methyl/N-ethyl adjacent to an activating group) is 1. The van der Waals surface area contributed by atoms with Gasteiger partial charge in [0.2, 0.25) is 0 Å². The van der Waals surface area contributed by atoms with Gasteiger partial charge in [-0.1, -0.05) is 6.07 Å². The molecule has 7 rings (SSSR count). The van der Waals surface area contributed by atoms with Gasteiger partial charge in [0.1, 0.15) is 17.5 Å². The SMILES string of the molecule is CO[C@]12CC[C@@]3(CC1C(C)=O)[C@H]1Cc4ccc(O)c5c4[C@@]3(CCN1C)[C@H]2O5. The zero-order chi connectivity index (χ0) is 18.8. The highest BCUT2D eigenvalue weighted by Gasteiger charge is 2.80. The third kappa shape index (κ3) is 1.47. The Balaban J connectivity index is 1.70. The van der Waals surface area contributed by atoms with Gasteiger partial charge in [0.15, 0.2) is 11.5 Å². The molecule has 1 N–H and O–H groups in total. The molecule has 0 radical (unpaired) electrons. The number of aromatic hydroxyl groups is 1. The molecule has 2 aliphatic heterocycles. The van der Waals surface area contributed by atoms with Crippen LogP contribution in [-0.2, 0) is 21.4 Å². The molecule has 2 spiro atoms. The first kappa shape index (κ1) is 16.4. The van der Waals surface area contributed by atoms with Gasteiger partial charge in [-0.3, -0.25) is 4.79 Å². The number of methoxy groups -OCH3 is 1. The molecule has 5 heteroatoms. The number of hydrogen-bond acceptors (Lipinski definition) is 5. The molecule has 1 saturated heterocycles. The lowest BCUT2D eigenvalue weighted by Gasteiger charge is -2.73. The normalized spacial score (nSPS) is 46.1. The summed E-state index contributed by atoms with van der Waals surface area (Å²) in [5, 5.41) is 10.6. The molecule has 0 aromatic heterocycles. The average Bonchev–Trinajstić information content (AvgIpc) is 3.03. The number of carbonyl (C=O) groups excluding carboxylic acids is 1. The van der Waals surface area contributed by atoms with Crippen LogP contribution in [0.15, 0.2) is 12.1 Å². The number of rotatable bonds is 2. The van der Waals surface area contributed by atoms with E-state index in [1.54, 1.807) is 20.1 Å². The molecule has 6 aliphatic rings. The van der Waals surface area contributed by atoms with E-state index in [0.29, 0.717) is 11.8 Å². The first-order chi connectivity index (χ1) is 12.9. The molecular weight excluding hydrogens is 342 g/mol. The Labute approximate surface area is 159 Å². The number of piperidine rings is 1. The van der Waals surface area contributed by atoms with Crippen LogP contribution in [0.25, 0.3) is 0 Å². The number of hydrogen-bond donors (Lipinski definition) is 1. The Hall–Kier alpha value is -1.59. The van der Waals surface area contributed by atoms with Gasteiger partial charge in [-0.25, -0.2) is 0 Å². The van der Waals surface area contributed by atoms with Gasteiger partial charge in [-0.2, -0.15) is 0 Å². The van der Waals surface area contributed by atoms with Gasteiger partial charge in [0.05, 0.1) is 5.92 Å². The van der Waals surface area contributed by atoms with Crippen LogP contribution in [0.1, 0.15) is 43.7 Å². The number of ether oxygens (including phenoxy) is 2. The molecule has 1 unspecified atom stereocenters. The monoisotopic (exact) mass is 369 g/mol.